The van der Waals surface area contributed by atoms with E-state index in [-0.39, 0.29) is 0 Å². The van der Waals surface area contributed by atoms with Gasteiger partial charge in [-0.3, -0.25) is 4.98 Å². The van der Waals surface area contributed by atoms with Gasteiger partial charge >= 0.3 is 0 Å². The molecule has 0 aliphatic rings. The van der Waals surface area contributed by atoms with E-state index in [0.717, 1.165) is 16.8 Å². The van der Waals surface area contributed by atoms with Gasteiger partial charge < -0.3 is 16.8 Å². The van der Waals surface area contributed by atoms with E-state index in [4.69, 9.17) is 11.5 Å². The first-order chi connectivity index (χ1) is 11.7. The van der Waals surface area contributed by atoms with Crippen LogP contribution in [0.25, 0.3) is 16.8 Å². The molecule has 118 valence electrons. The van der Waals surface area contributed by atoms with Gasteiger partial charge in [0.2, 0.25) is 0 Å². The number of hydrogen-bond acceptors (Lipinski definition) is 6. The molecule has 0 spiro atoms. The van der Waals surface area contributed by atoms with Crippen molar-refractivity contribution in [1.29, 1.82) is 0 Å². The maximum atomic E-state index is 6.02. The van der Waals surface area contributed by atoms with Crippen molar-refractivity contribution in [1.82, 2.24) is 19.6 Å². The summed E-state index contributed by atoms with van der Waals surface area (Å²) in [6, 6.07) is 13.6. The maximum Gasteiger partial charge on any atom is 0.179 e. The Labute approximate surface area is 138 Å². The van der Waals surface area contributed by atoms with E-state index >= 15 is 0 Å². The lowest BCUT2D eigenvalue weighted by molar-refractivity contribution is 0.954. The first-order valence-corrected chi connectivity index (χ1v) is 7.38. The number of pyridine rings is 1. The fourth-order valence-electron chi connectivity index (χ4n) is 2.53. The van der Waals surface area contributed by atoms with Crippen molar-refractivity contribution in [3.8, 4) is 11.1 Å². The molecule has 5 N–H and O–H groups in total. The Hall–Kier alpha value is -3.61. The van der Waals surface area contributed by atoms with Crippen molar-refractivity contribution in [3.63, 3.8) is 0 Å². The molecule has 0 radical (unpaired) electrons. The average Bonchev–Trinajstić information content (AvgIpc) is 2.98. The molecule has 7 heteroatoms. The van der Waals surface area contributed by atoms with Crippen LogP contribution >= 0.6 is 0 Å². The van der Waals surface area contributed by atoms with Crippen LogP contribution in [-0.4, -0.2) is 19.6 Å². The largest absolute Gasteiger partial charge is 0.396 e. The number of nitrogen functional groups attached to an aromatic ring is 2. The fourth-order valence-corrected chi connectivity index (χ4v) is 2.53. The molecule has 3 aromatic heterocycles. The Morgan fingerprint density at radius 1 is 0.958 bits per heavy atom. The molecule has 0 saturated carbocycles. The third-order valence-corrected chi connectivity index (χ3v) is 3.65. The predicted molar refractivity (Wildman–Crippen MR) is 94.8 cm³/mol. The van der Waals surface area contributed by atoms with Crippen LogP contribution in [0.1, 0.15) is 0 Å². The quantitative estimate of drug-likeness (QED) is 0.536. The summed E-state index contributed by atoms with van der Waals surface area (Å²) in [5, 5.41) is 7.67. The normalized spacial score (nSPS) is 10.8. The number of nitrogens with zero attached hydrogens (tertiary/aromatic N) is 4. The maximum absolute atomic E-state index is 6.02. The second-order valence-electron chi connectivity index (χ2n) is 5.35. The van der Waals surface area contributed by atoms with Gasteiger partial charge in [-0.1, -0.05) is 18.2 Å². The van der Waals surface area contributed by atoms with Crippen LogP contribution < -0.4 is 16.8 Å². The van der Waals surface area contributed by atoms with E-state index in [2.05, 4.69) is 20.4 Å². The van der Waals surface area contributed by atoms with Gasteiger partial charge in [0.25, 0.3) is 0 Å². The van der Waals surface area contributed by atoms with Gasteiger partial charge in [-0.05, 0) is 23.8 Å². The first-order valence-electron chi connectivity index (χ1n) is 7.38. The molecule has 4 rings (SSSR count). The molecule has 0 aliphatic carbocycles. The van der Waals surface area contributed by atoms with Crippen molar-refractivity contribution >= 4 is 28.7 Å². The molecule has 0 amide bonds. The first kappa shape index (κ1) is 14.0. The zero-order chi connectivity index (χ0) is 16.5. The van der Waals surface area contributed by atoms with Gasteiger partial charge in [0.15, 0.2) is 11.5 Å². The van der Waals surface area contributed by atoms with Crippen molar-refractivity contribution < 1.29 is 0 Å². The van der Waals surface area contributed by atoms with Crippen molar-refractivity contribution in [2.75, 3.05) is 16.8 Å². The number of hydrogen-bond donors (Lipinski definition) is 3. The monoisotopic (exact) mass is 317 g/mol. The minimum atomic E-state index is 0.435. The van der Waals surface area contributed by atoms with Crippen LogP contribution in [0.2, 0.25) is 0 Å². The Balaban J connectivity index is 1.70. The lowest BCUT2D eigenvalue weighted by Gasteiger charge is -2.09. The van der Waals surface area contributed by atoms with Crippen molar-refractivity contribution in [2.45, 2.75) is 0 Å². The van der Waals surface area contributed by atoms with E-state index in [1.54, 1.807) is 12.3 Å². The van der Waals surface area contributed by atoms with E-state index in [9.17, 15) is 0 Å². The highest BCUT2D eigenvalue weighted by Crippen LogP contribution is 2.25. The topological polar surface area (TPSA) is 107 Å². The van der Waals surface area contributed by atoms with E-state index in [0.29, 0.717) is 23.0 Å². The van der Waals surface area contributed by atoms with Crippen LogP contribution in [0, 0.1) is 0 Å². The van der Waals surface area contributed by atoms with E-state index in [1.807, 2.05) is 42.6 Å². The molecule has 3 heterocycles. The Morgan fingerprint density at radius 3 is 2.67 bits per heavy atom. The molecule has 4 aromatic rings. The molecule has 0 aliphatic heterocycles. The van der Waals surface area contributed by atoms with Gasteiger partial charge in [-0.2, -0.15) is 4.52 Å². The van der Waals surface area contributed by atoms with Crippen LogP contribution in [0.3, 0.4) is 0 Å². The molecular formula is C17H15N7. The number of rotatable bonds is 3. The number of nitrogens with one attached hydrogen (secondary N) is 1. The predicted octanol–water partition coefficient (Wildman–Crippen LogP) is 2.70. The minimum absolute atomic E-state index is 0.435. The zero-order valence-electron chi connectivity index (χ0n) is 12.7. The van der Waals surface area contributed by atoms with E-state index in [1.165, 1.54) is 10.7 Å². The molecule has 7 nitrogen and oxygen atoms in total. The smallest absolute Gasteiger partial charge is 0.179 e. The van der Waals surface area contributed by atoms with Gasteiger partial charge in [0.1, 0.15) is 5.82 Å². The number of nitrogens with two attached hydrogens (primary N) is 2. The highest BCUT2D eigenvalue weighted by atomic mass is 15.3. The van der Waals surface area contributed by atoms with E-state index < -0.39 is 0 Å². The molecule has 0 atom stereocenters. The lowest BCUT2D eigenvalue weighted by atomic mass is 10.1. The summed E-state index contributed by atoms with van der Waals surface area (Å²) >= 11 is 0. The second kappa shape index (κ2) is 5.54. The molecule has 24 heavy (non-hydrogen) atoms. The van der Waals surface area contributed by atoms with Crippen LogP contribution in [0.4, 0.5) is 23.0 Å². The summed E-state index contributed by atoms with van der Waals surface area (Å²) in [6.45, 7) is 0. The van der Waals surface area contributed by atoms with Crippen molar-refractivity contribution in [2.24, 2.45) is 0 Å². The van der Waals surface area contributed by atoms with Gasteiger partial charge in [-0.25, -0.2) is 4.98 Å². The third kappa shape index (κ3) is 2.48. The second-order valence-corrected chi connectivity index (χ2v) is 5.35. The minimum Gasteiger partial charge on any atom is -0.396 e. The van der Waals surface area contributed by atoms with Crippen LogP contribution in [0.15, 0.2) is 61.1 Å². The summed E-state index contributed by atoms with van der Waals surface area (Å²) < 4.78 is 1.52. The molecule has 0 fully saturated rings. The molecule has 0 bridgehead atoms. The van der Waals surface area contributed by atoms with Gasteiger partial charge in [0.05, 0.1) is 11.9 Å². The van der Waals surface area contributed by atoms with Crippen LogP contribution in [-0.2, 0) is 0 Å². The summed E-state index contributed by atoms with van der Waals surface area (Å²) in [6.07, 6.45) is 5.11. The van der Waals surface area contributed by atoms with Crippen molar-refractivity contribution in [3.05, 3.63) is 61.1 Å². The lowest BCUT2D eigenvalue weighted by Crippen LogP contribution is -2.04. The summed E-state index contributed by atoms with van der Waals surface area (Å²) in [5.74, 6) is 1.03. The Kier molecular flexibility index (Phi) is 3.24. The SMILES string of the molecule is Nc1cc(Nc2cccc(-c3cccnc3)c2)nn2c(N)cnc12. The molecule has 1 aromatic carbocycles. The highest BCUT2D eigenvalue weighted by Gasteiger charge is 2.08. The third-order valence-electron chi connectivity index (χ3n) is 3.65. The summed E-state index contributed by atoms with van der Waals surface area (Å²) in [5.41, 5.74) is 15.9. The zero-order valence-corrected chi connectivity index (χ0v) is 12.7. The summed E-state index contributed by atoms with van der Waals surface area (Å²) in [4.78, 5) is 8.29. The fraction of sp³-hybridized carbons (Fsp3) is 0. The van der Waals surface area contributed by atoms with Crippen LogP contribution in [0.5, 0.6) is 0 Å². The Morgan fingerprint density at radius 2 is 1.83 bits per heavy atom. The number of imidazole rings is 1. The number of fused-ring (bicyclic) bond motifs is 1. The van der Waals surface area contributed by atoms with Gasteiger partial charge in [0, 0.05) is 29.7 Å². The van der Waals surface area contributed by atoms with Gasteiger partial charge in [-0.15, -0.1) is 5.10 Å². The molecule has 0 saturated heterocycles. The summed E-state index contributed by atoms with van der Waals surface area (Å²) in [7, 11) is 0. The molecular weight excluding hydrogens is 302 g/mol. The standard InChI is InChI=1S/C17H15N7/c18-14-8-16(23-24-15(19)10-21-17(14)24)22-13-5-1-3-11(7-13)12-4-2-6-20-9-12/h1-10H,18-19H2,(H,22,23). The molecule has 0 unspecified atom stereocenters. The number of benzene rings is 1. The number of aromatic nitrogens is 4. The average molecular weight is 317 g/mol. The number of anilines is 4. The highest BCUT2D eigenvalue weighted by molar-refractivity contribution is 5.73. The Bertz CT molecular complexity index is 1010.